The van der Waals surface area contributed by atoms with Gasteiger partial charge in [-0.25, -0.2) is 4.98 Å². The van der Waals surface area contributed by atoms with Crippen LogP contribution in [0.2, 0.25) is 0 Å². The number of aliphatic hydroxyl groups excluding tert-OH is 1. The number of hydrogen-bond donors (Lipinski definition) is 2. The maximum absolute atomic E-state index is 12.7. The minimum Gasteiger partial charge on any atom is -0.396 e. The molecular formula is C25H23F3N4O3. The quantitative estimate of drug-likeness (QED) is 0.554. The van der Waals surface area contributed by atoms with Crippen molar-refractivity contribution < 1.29 is 27.9 Å². The Kier molecular flexibility index (Phi) is 6.83. The third-order valence-electron chi connectivity index (χ3n) is 5.81. The van der Waals surface area contributed by atoms with Crippen LogP contribution in [0.1, 0.15) is 41.0 Å². The molecule has 4 rings (SSSR count). The van der Waals surface area contributed by atoms with Gasteiger partial charge in [-0.1, -0.05) is 24.3 Å². The molecule has 7 nitrogen and oxygen atoms in total. The SMILES string of the molecule is CC(=O)N1Cc2cc(C(=O)NCC(F)(F)F)nc(-c3cccc(-c4cccnc4)c3)c2[C@@H]1CCO. The second-order valence-corrected chi connectivity index (χ2v) is 8.22. The number of carbonyl (C=O) groups is 2. The van der Waals surface area contributed by atoms with Crippen molar-refractivity contribution in [3.8, 4) is 22.4 Å². The van der Waals surface area contributed by atoms with Crippen LogP contribution < -0.4 is 5.32 Å². The first-order valence-corrected chi connectivity index (χ1v) is 11.0. The molecule has 1 atom stereocenters. The Morgan fingerprint density at radius 3 is 2.54 bits per heavy atom. The van der Waals surface area contributed by atoms with Crippen LogP contribution in [0.3, 0.4) is 0 Å². The summed E-state index contributed by atoms with van der Waals surface area (Å²) in [5.41, 5.74) is 3.79. The molecule has 0 aliphatic carbocycles. The molecule has 182 valence electrons. The number of amides is 2. The number of fused-ring (bicyclic) bond motifs is 1. The van der Waals surface area contributed by atoms with Crippen LogP contribution in [-0.2, 0) is 11.3 Å². The average Bonchev–Trinajstić information content (AvgIpc) is 3.21. The van der Waals surface area contributed by atoms with Crippen molar-refractivity contribution in [3.05, 3.63) is 71.7 Å². The molecule has 1 aromatic carbocycles. The maximum atomic E-state index is 12.7. The van der Waals surface area contributed by atoms with Crippen LogP contribution in [0.15, 0.2) is 54.9 Å². The molecule has 1 aliphatic heterocycles. The number of hydrogen-bond acceptors (Lipinski definition) is 5. The Morgan fingerprint density at radius 2 is 1.89 bits per heavy atom. The molecular weight excluding hydrogens is 461 g/mol. The van der Waals surface area contributed by atoms with E-state index in [2.05, 4.69) is 9.97 Å². The monoisotopic (exact) mass is 484 g/mol. The molecule has 0 spiro atoms. The summed E-state index contributed by atoms with van der Waals surface area (Å²) in [6, 6.07) is 11.9. The van der Waals surface area contributed by atoms with Gasteiger partial charge in [0.15, 0.2) is 0 Å². The smallest absolute Gasteiger partial charge is 0.396 e. The van der Waals surface area contributed by atoms with E-state index < -0.39 is 24.7 Å². The number of carbonyl (C=O) groups excluding carboxylic acids is 2. The lowest BCUT2D eigenvalue weighted by Crippen LogP contribution is -2.34. The van der Waals surface area contributed by atoms with Gasteiger partial charge < -0.3 is 15.3 Å². The Morgan fingerprint density at radius 1 is 1.14 bits per heavy atom. The van der Waals surface area contributed by atoms with Gasteiger partial charge in [0.2, 0.25) is 5.91 Å². The van der Waals surface area contributed by atoms with Gasteiger partial charge in [-0.2, -0.15) is 13.2 Å². The highest BCUT2D eigenvalue weighted by molar-refractivity contribution is 5.94. The minimum absolute atomic E-state index is 0.159. The van der Waals surface area contributed by atoms with E-state index >= 15 is 0 Å². The highest BCUT2D eigenvalue weighted by atomic mass is 19.4. The number of nitrogens with one attached hydrogen (secondary N) is 1. The molecule has 0 fully saturated rings. The fraction of sp³-hybridized carbons (Fsp3) is 0.280. The van der Waals surface area contributed by atoms with Gasteiger partial charge in [0.1, 0.15) is 12.2 Å². The van der Waals surface area contributed by atoms with Gasteiger partial charge in [0, 0.05) is 49.2 Å². The molecule has 0 radical (unpaired) electrons. The van der Waals surface area contributed by atoms with Crippen molar-refractivity contribution in [2.75, 3.05) is 13.2 Å². The summed E-state index contributed by atoms with van der Waals surface area (Å²) < 4.78 is 38.0. The third-order valence-corrected chi connectivity index (χ3v) is 5.81. The van der Waals surface area contributed by atoms with E-state index in [9.17, 15) is 27.9 Å². The second-order valence-electron chi connectivity index (χ2n) is 8.22. The molecule has 10 heteroatoms. The fourth-order valence-electron chi connectivity index (χ4n) is 4.30. The van der Waals surface area contributed by atoms with E-state index in [1.807, 2.05) is 23.5 Å². The lowest BCUT2D eigenvalue weighted by molar-refractivity contribution is -0.131. The summed E-state index contributed by atoms with van der Waals surface area (Å²) in [4.78, 5) is 35.1. The summed E-state index contributed by atoms with van der Waals surface area (Å²) >= 11 is 0. The van der Waals surface area contributed by atoms with Crippen molar-refractivity contribution in [2.45, 2.75) is 32.1 Å². The van der Waals surface area contributed by atoms with E-state index in [0.717, 1.165) is 11.1 Å². The van der Waals surface area contributed by atoms with Crippen molar-refractivity contribution in [1.82, 2.24) is 20.2 Å². The highest BCUT2D eigenvalue weighted by Crippen LogP contribution is 2.42. The van der Waals surface area contributed by atoms with Crippen molar-refractivity contribution in [2.24, 2.45) is 0 Å². The molecule has 3 heterocycles. The molecule has 2 amide bonds. The molecule has 0 unspecified atom stereocenters. The number of alkyl halides is 3. The number of aromatic nitrogens is 2. The summed E-state index contributed by atoms with van der Waals surface area (Å²) in [5.74, 6) is -1.19. The zero-order valence-corrected chi connectivity index (χ0v) is 18.8. The first kappa shape index (κ1) is 24.3. The van der Waals surface area contributed by atoms with Gasteiger partial charge in [-0.05, 0) is 35.7 Å². The largest absolute Gasteiger partial charge is 0.405 e. The van der Waals surface area contributed by atoms with E-state index in [1.165, 1.54) is 13.0 Å². The van der Waals surface area contributed by atoms with Gasteiger partial charge in [0.25, 0.3) is 5.91 Å². The summed E-state index contributed by atoms with van der Waals surface area (Å²) in [6.45, 7) is -0.101. The van der Waals surface area contributed by atoms with Gasteiger partial charge in [-0.15, -0.1) is 0 Å². The Hall–Kier alpha value is -3.79. The summed E-state index contributed by atoms with van der Waals surface area (Å²) in [7, 11) is 0. The highest BCUT2D eigenvalue weighted by Gasteiger charge is 2.36. The van der Waals surface area contributed by atoms with E-state index in [1.54, 1.807) is 35.5 Å². The normalized spacial score (nSPS) is 15.1. The molecule has 2 aromatic heterocycles. The van der Waals surface area contributed by atoms with Crippen LogP contribution in [0.25, 0.3) is 22.4 Å². The van der Waals surface area contributed by atoms with Crippen LogP contribution in [0.4, 0.5) is 13.2 Å². The molecule has 0 saturated heterocycles. The van der Waals surface area contributed by atoms with Gasteiger partial charge >= 0.3 is 6.18 Å². The standard InChI is InChI=1S/C25H23F3N4O3/c1-15(34)32-13-19-11-20(24(35)30-14-25(26,27)28)31-23(22(19)21(32)7-9-33)17-5-2-4-16(10-17)18-6-3-8-29-12-18/h2-6,8,10-12,21,33H,7,9,13-14H2,1H3,(H,30,35)/t21-/m0/s1. The van der Waals surface area contributed by atoms with Gasteiger partial charge in [-0.3, -0.25) is 14.6 Å². The van der Waals surface area contributed by atoms with Crippen molar-refractivity contribution in [3.63, 3.8) is 0 Å². The maximum Gasteiger partial charge on any atom is 0.405 e. The summed E-state index contributed by atoms with van der Waals surface area (Å²) in [5, 5.41) is 11.5. The number of nitrogens with zero attached hydrogens (tertiary/aromatic N) is 3. The Balaban J connectivity index is 1.85. The van der Waals surface area contributed by atoms with Gasteiger partial charge in [0.05, 0.1) is 11.7 Å². The molecule has 3 aromatic rings. The van der Waals surface area contributed by atoms with Crippen LogP contribution in [0, 0.1) is 0 Å². The molecule has 2 N–H and O–H groups in total. The van der Waals surface area contributed by atoms with E-state index in [0.29, 0.717) is 22.4 Å². The predicted molar refractivity (Wildman–Crippen MR) is 122 cm³/mol. The Bertz CT molecular complexity index is 1250. The lowest BCUT2D eigenvalue weighted by atomic mass is 9.94. The van der Waals surface area contributed by atoms with Crippen molar-refractivity contribution in [1.29, 1.82) is 0 Å². The minimum atomic E-state index is -4.56. The first-order valence-electron chi connectivity index (χ1n) is 11.0. The molecule has 1 aliphatic rings. The fourth-order valence-corrected chi connectivity index (χ4v) is 4.30. The number of halogens is 3. The average molecular weight is 484 g/mol. The van der Waals surface area contributed by atoms with E-state index in [-0.39, 0.29) is 31.2 Å². The number of rotatable bonds is 6. The number of aliphatic hydroxyl groups is 1. The first-order chi connectivity index (χ1) is 16.7. The third kappa shape index (κ3) is 5.32. The van der Waals surface area contributed by atoms with Crippen LogP contribution in [0.5, 0.6) is 0 Å². The lowest BCUT2D eigenvalue weighted by Gasteiger charge is -2.24. The number of benzene rings is 1. The van der Waals surface area contributed by atoms with Crippen LogP contribution >= 0.6 is 0 Å². The molecule has 0 bridgehead atoms. The molecule has 0 saturated carbocycles. The zero-order valence-electron chi connectivity index (χ0n) is 18.8. The zero-order chi connectivity index (χ0) is 25.2. The predicted octanol–water partition coefficient (Wildman–Crippen LogP) is 3.89. The Labute approximate surface area is 199 Å². The molecule has 35 heavy (non-hydrogen) atoms. The van der Waals surface area contributed by atoms with E-state index in [4.69, 9.17) is 0 Å². The number of pyridine rings is 2. The summed E-state index contributed by atoms with van der Waals surface area (Å²) in [6.07, 6.45) is -0.960. The van der Waals surface area contributed by atoms with Crippen LogP contribution in [-0.4, -0.2) is 51.1 Å². The topological polar surface area (TPSA) is 95.4 Å². The van der Waals surface area contributed by atoms with Crippen molar-refractivity contribution >= 4 is 11.8 Å². The second kappa shape index (κ2) is 9.83.